The number of alkyl halides is 2. The number of piperidine rings is 1. The molecule has 2 heterocycles. The van der Waals surface area contributed by atoms with Crippen LogP contribution in [0.1, 0.15) is 19.8 Å². The normalized spacial score (nSPS) is 27.1. The SMILES string of the molecule is CN=C(NCC(F)F)N1CCC(C2(C)NC(=O)NC2=O)CC1. The molecule has 7 nitrogen and oxygen atoms in total. The van der Waals surface area contributed by atoms with Gasteiger partial charge < -0.3 is 15.5 Å². The van der Waals surface area contributed by atoms with E-state index in [0.29, 0.717) is 31.9 Å². The maximum atomic E-state index is 12.3. The minimum atomic E-state index is -2.44. The highest BCUT2D eigenvalue weighted by Crippen LogP contribution is 2.30. The van der Waals surface area contributed by atoms with Crippen molar-refractivity contribution in [1.29, 1.82) is 0 Å². The second-order valence-corrected chi connectivity index (χ2v) is 5.69. The second kappa shape index (κ2) is 6.45. The standard InChI is InChI=1S/C13H21F2N5O2/c1-13(10(21)18-12(22)19-13)8-3-5-20(6-4-8)11(16-2)17-7-9(14)15/h8-9H,3-7H2,1-2H3,(H,16,17)(H2,18,19,21,22). The fourth-order valence-electron chi connectivity index (χ4n) is 3.01. The summed E-state index contributed by atoms with van der Waals surface area (Å²) in [4.78, 5) is 29.1. The lowest BCUT2D eigenvalue weighted by atomic mass is 9.79. The summed E-state index contributed by atoms with van der Waals surface area (Å²) < 4.78 is 24.5. The molecule has 0 saturated carbocycles. The Labute approximate surface area is 127 Å². The zero-order valence-electron chi connectivity index (χ0n) is 12.7. The Morgan fingerprint density at radius 2 is 2.09 bits per heavy atom. The van der Waals surface area contributed by atoms with E-state index in [1.54, 1.807) is 14.0 Å². The molecule has 1 unspecified atom stereocenters. The van der Waals surface area contributed by atoms with Gasteiger partial charge in [-0.2, -0.15) is 0 Å². The number of hydrogen-bond acceptors (Lipinski definition) is 3. The van der Waals surface area contributed by atoms with Gasteiger partial charge >= 0.3 is 6.03 Å². The highest BCUT2D eigenvalue weighted by Gasteiger charge is 2.48. The number of halogens is 2. The van der Waals surface area contributed by atoms with E-state index in [1.165, 1.54) is 0 Å². The molecule has 9 heteroatoms. The van der Waals surface area contributed by atoms with Crippen LogP contribution in [0.5, 0.6) is 0 Å². The topological polar surface area (TPSA) is 85.8 Å². The highest BCUT2D eigenvalue weighted by molar-refractivity contribution is 6.07. The van der Waals surface area contributed by atoms with E-state index in [1.807, 2.05) is 4.90 Å². The Hall–Kier alpha value is -1.93. The van der Waals surface area contributed by atoms with Crippen LogP contribution in [-0.4, -0.2) is 61.4 Å². The summed E-state index contributed by atoms with van der Waals surface area (Å²) in [7, 11) is 1.55. The first-order chi connectivity index (χ1) is 10.4. The van der Waals surface area contributed by atoms with Crippen LogP contribution in [-0.2, 0) is 4.79 Å². The number of aliphatic imine (C=N–C) groups is 1. The number of amides is 3. The number of guanidine groups is 1. The molecule has 2 rings (SSSR count). The molecule has 3 amide bonds. The van der Waals surface area contributed by atoms with Gasteiger partial charge in [-0.25, -0.2) is 13.6 Å². The average molecular weight is 317 g/mol. The largest absolute Gasteiger partial charge is 0.351 e. The van der Waals surface area contributed by atoms with Crippen LogP contribution in [0.25, 0.3) is 0 Å². The van der Waals surface area contributed by atoms with Crippen molar-refractivity contribution in [1.82, 2.24) is 20.9 Å². The number of carbonyl (C=O) groups excluding carboxylic acids is 2. The molecular formula is C13H21F2N5O2. The Morgan fingerprint density at radius 3 is 2.55 bits per heavy atom. The minimum absolute atomic E-state index is 0.00315. The number of nitrogens with zero attached hydrogens (tertiary/aromatic N) is 2. The van der Waals surface area contributed by atoms with E-state index >= 15 is 0 Å². The van der Waals surface area contributed by atoms with Gasteiger partial charge in [0.1, 0.15) is 5.54 Å². The van der Waals surface area contributed by atoms with Crippen molar-refractivity contribution in [2.24, 2.45) is 10.9 Å². The molecule has 2 aliphatic rings. The number of urea groups is 1. The summed E-state index contributed by atoms with van der Waals surface area (Å²) in [5.74, 6) is 0.128. The summed E-state index contributed by atoms with van der Waals surface area (Å²) in [6, 6.07) is -0.468. The van der Waals surface area contributed by atoms with E-state index in [0.717, 1.165) is 0 Å². The summed E-state index contributed by atoms with van der Waals surface area (Å²) in [5, 5.41) is 7.57. The molecule has 3 N–H and O–H groups in total. The molecule has 0 bridgehead atoms. The molecule has 2 aliphatic heterocycles. The van der Waals surface area contributed by atoms with Gasteiger partial charge in [-0.1, -0.05) is 0 Å². The van der Waals surface area contributed by atoms with Gasteiger partial charge in [0.15, 0.2) is 5.96 Å². The molecular weight excluding hydrogens is 296 g/mol. The average Bonchev–Trinajstić information content (AvgIpc) is 2.74. The summed E-state index contributed by atoms with van der Waals surface area (Å²) >= 11 is 0. The van der Waals surface area contributed by atoms with Gasteiger partial charge in [0.05, 0.1) is 6.54 Å². The second-order valence-electron chi connectivity index (χ2n) is 5.69. The van der Waals surface area contributed by atoms with Crippen LogP contribution >= 0.6 is 0 Å². The smallest absolute Gasteiger partial charge is 0.322 e. The minimum Gasteiger partial charge on any atom is -0.351 e. The van der Waals surface area contributed by atoms with E-state index in [2.05, 4.69) is 20.9 Å². The quantitative estimate of drug-likeness (QED) is 0.393. The van der Waals surface area contributed by atoms with Crippen molar-refractivity contribution in [3.05, 3.63) is 0 Å². The Bertz CT molecular complexity index is 477. The number of likely N-dealkylation sites (tertiary alicyclic amines) is 1. The molecule has 0 spiro atoms. The van der Waals surface area contributed by atoms with Crippen molar-refractivity contribution < 1.29 is 18.4 Å². The molecule has 0 aromatic carbocycles. The van der Waals surface area contributed by atoms with Crippen molar-refractivity contribution in [3.8, 4) is 0 Å². The maximum absolute atomic E-state index is 12.3. The first kappa shape index (κ1) is 16.4. The highest BCUT2D eigenvalue weighted by atomic mass is 19.3. The molecule has 22 heavy (non-hydrogen) atoms. The van der Waals surface area contributed by atoms with Gasteiger partial charge in [-0.15, -0.1) is 0 Å². The predicted molar refractivity (Wildman–Crippen MR) is 76.7 cm³/mol. The predicted octanol–water partition coefficient (Wildman–Crippen LogP) is 0.137. The third kappa shape index (κ3) is 3.28. The van der Waals surface area contributed by atoms with Gasteiger partial charge in [0, 0.05) is 20.1 Å². The molecule has 124 valence electrons. The van der Waals surface area contributed by atoms with Gasteiger partial charge in [-0.05, 0) is 25.7 Å². The zero-order valence-corrected chi connectivity index (χ0v) is 12.7. The van der Waals surface area contributed by atoms with E-state index in [-0.39, 0.29) is 11.8 Å². The van der Waals surface area contributed by atoms with Crippen LogP contribution in [0.4, 0.5) is 13.6 Å². The molecule has 0 aromatic heterocycles. The fraction of sp³-hybridized carbons (Fsp3) is 0.769. The number of hydrogen-bond donors (Lipinski definition) is 3. The maximum Gasteiger partial charge on any atom is 0.322 e. The number of nitrogens with one attached hydrogen (secondary N) is 3. The van der Waals surface area contributed by atoms with Crippen LogP contribution < -0.4 is 16.0 Å². The van der Waals surface area contributed by atoms with Gasteiger partial charge in [0.2, 0.25) is 0 Å². The van der Waals surface area contributed by atoms with Crippen LogP contribution in [0.15, 0.2) is 4.99 Å². The lowest BCUT2D eigenvalue weighted by Crippen LogP contribution is -2.55. The third-order valence-electron chi connectivity index (χ3n) is 4.31. The number of carbonyl (C=O) groups is 2. The Morgan fingerprint density at radius 1 is 1.45 bits per heavy atom. The Kier molecular flexibility index (Phi) is 4.82. The van der Waals surface area contributed by atoms with Gasteiger partial charge in [-0.3, -0.25) is 15.1 Å². The lowest BCUT2D eigenvalue weighted by molar-refractivity contribution is -0.125. The van der Waals surface area contributed by atoms with Crippen molar-refractivity contribution in [2.75, 3.05) is 26.7 Å². The Balaban J connectivity index is 1.92. The zero-order chi connectivity index (χ0) is 16.3. The number of imide groups is 1. The van der Waals surface area contributed by atoms with Crippen LogP contribution in [0.2, 0.25) is 0 Å². The summed E-state index contributed by atoms with van der Waals surface area (Å²) in [5.41, 5.74) is -0.900. The van der Waals surface area contributed by atoms with Gasteiger partial charge in [0.25, 0.3) is 12.3 Å². The molecule has 0 radical (unpaired) electrons. The molecule has 0 aliphatic carbocycles. The van der Waals surface area contributed by atoms with E-state index in [4.69, 9.17) is 0 Å². The molecule has 1 atom stereocenters. The molecule has 2 fully saturated rings. The van der Waals surface area contributed by atoms with Crippen molar-refractivity contribution >= 4 is 17.9 Å². The van der Waals surface area contributed by atoms with Crippen molar-refractivity contribution in [2.45, 2.75) is 31.7 Å². The number of rotatable bonds is 3. The third-order valence-corrected chi connectivity index (χ3v) is 4.31. The van der Waals surface area contributed by atoms with Crippen LogP contribution in [0, 0.1) is 5.92 Å². The molecule has 0 aromatic rings. The fourth-order valence-corrected chi connectivity index (χ4v) is 3.01. The first-order valence-electron chi connectivity index (χ1n) is 7.24. The first-order valence-corrected chi connectivity index (χ1v) is 7.24. The summed E-state index contributed by atoms with van der Waals surface area (Å²) in [6.45, 7) is 2.46. The van der Waals surface area contributed by atoms with Crippen LogP contribution in [0.3, 0.4) is 0 Å². The lowest BCUT2D eigenvalue weighted by Gasteiger charge is -2.39. The van der Waals surface area contributed by atoms with E-state index < -0.39 is 24.5 Å². The van der Waals surface area contributed by atoms with E-state index in [9.17, 15) is 18.4 Å². The molecule has 2 saturated heterocycles. The van der Waals surface area contributed by atoms with Crippen molar-refractivity contribution in [3.63, 3.8) is 0 Å². The monoisotopic (exact) mass is 317 g/mol. The summed E-state index contributed by atoms with van der Waals surface area (Å²) in [6.07, 6.45) is -1.11.